The van der Waals surface area contributed by atoms with E-state index in [4.69, 9.17) is 9.72 Å². The Hall–Kier alpha value is -1.81. The Kier molecular flexibility index (Phi) is 5.34. The van der Waals surface area contributed by atoms with Crippen LogP contribution in [-0.4, -0.2) is 41.1 Å². The van der Waals surface area contributed by atoms with Crippen molar-refractivity contribution in [1.82, 2.24) is 14.9 Å². The van der Waals surface area contributed by atoms with Crippen LogP contribution >= 0.6 is 0 Å². The topological polar surface area (TPSA) is 41.2 Å². The SMILES string of the molecule is CCCCN1CC=C(c2c[nH]c3ccc(OCCC)nc23)CC1. The van der Waals surface area contributed by atoms with Gasteiger partial charge in [0.05, 0.1) is 17.6 Å². The summed E-state index contributed by atoms with van der Waals surface area (Å²) in [5, 5.41) is 0. The van der Waals surface area contributed by atoms with E-state index < -0.39 is 0 Å². The van der Waals surface area contributed by atoms with Gasteiger partial charge in [0.25, 0.3) is 0 Å². The zero-order chi connectivity index (χ0) is 16.1. The van der Waals surface area contributed by atoms with E-state index in [0.717, 1.165) is 42.8 Å². The van der Waals surface area contributed by atoms with Gasteiger partial charge < -0.3 is 9.72 Å². The molecule has 0 bridgehead atoms. The number of aromatic amines is 1. The fourth-order valence-electron chi connectivity index (χ4n) is 3.05. The summed E-state index contributed by atoms with van der Waals surface area (Å²) in [6.07, 6.45) is 9.10. The molecule has 124 valence electrons. The standard InChI is InChI=1S/C19H27N3O/c1-3-5-10-22-11-8-15(9-12-22)16-14-20-17-6-7-18(21-19(16)17)23-13-4-2/h6-8,14,20H,3-5,9-13H2,1-2H3. The van der Waals surface area contributed by atoms with Crippen LogP contribution in [0.25, 0.3) is 16.6 Å². The number of rotatable bonds is 7. The molecule has 23 heavy (non-hydrogen) atoms. The van der Waals surface area contributed by atoms with Gasteiger partial charge in [0.1, 0.15) is 0 Å². The second-order valence-corrected chi connectivity index (χ2v) is 6.23. The first-order chi connectivity index (χ1) is 11.3. The fourth-order valence-corrected chi connectivity index (χ4v) is 3.05. The van der Waals surface area contributed by atoms with Crippen LogP contribution in [0.15, 0.2) is 24.4 Å². The van der Waals surface area contributed by atoms with Gasteiger partial charge in [-0.3, -0.25) is 4.90 Å². The highest BCUT2D eigenvalue weighted by atomic mass is 16.5. The molecule has 0 aliphatic carbocycles. The molecule has 2 aromatic heterocycles. The monoisotopic (exact) mass is 313 g/mol. The highest BCUT2D eigenvalue weighted by Gasteiger charge is 2.16. The van der Waals surface area contributed by atoms with E-state index >= 15 is 0 Å². The molecule has 2 aromatic rings. The Labute approximate surface area is 138 Å². The van der Waals surface area contributed by atoms with E-state index in [-0.39, 0.29) is 0 Å². The van der Waals surface area contributed by atoms with Crippen LogP contribution in [0.3, 0.4) is 0 Å². The summed E-state index contributed by atoms with van der Waals surface area (Å²) in [5.41, 5.74) is 4.76. The van der Waals surface area contributed by atoms with E-state index in [2.05, 4.69) is 42.1 Å². The van der Waals surface area contributed by atoms with Crippen LogP contribution in [0, 0.1) is 0 Å². The minimum atomic E-state index is 0.716. The van der Waals surface area contributed by atoms with Crippen molar-refractivity contribution in [2.45, 2.75) is 39.5 Å². The molecule has 0 saturated heterocycles. The zero-order valence-corrected chi connectivity index (χ0v) is 14.3. The maximum atomic E-state index is 5.68. The Bertz CT molecular complexity index is 674. The first kappa shape index (κ1) is 16.1. The number of aromatic nitrogens is 2. The number of nitrogens with one attached hydrogen (secondary N) is 1. The van der Waals surface area contributed by atoms with Crippen molar-refractivity contribution in [3.8, 4) is 5.88 Å². The quantitative estimate of drug-likeness (QED) is 0.831. The largest absolute Gasteiger partial charge is 0.478 e. The second-order valence-electron chi connectivity index (χ2n) is 6.23. The third kappa shape index (κ3) is 3.75. The molecular weight excluding hydrogens is 286 g/mol. The van der Waals surface area contributed by atoms with E-state index in [1.54, 1.807) is 0 Å². The van der Waals surface area contributed by atoms with Crippen molar-refractivity contribution < 1.29 is 4.74 Å². The van der Waals surface area contributed by atoms with Crippen molar-refractivity contribution >= 4 is 16.6 Å². The lowest BCUT2D eigenvalue weighted by atomic mass is 10.0. The van der Waals surface area contributed by atoms with Gasteiger partial charge in [-0.25, -0.2) is 4.98 Å². The lowest BCUT2D eigenvalue weighted by molar-refractivity contribution is 0.297. The number of hydrogen-bond acceptors (Lipinski definition) is 3. The Balaban J connectivity index is 1.78. The minimum absolute atomic E-state index is 0.716. The van der Waals surface area contributed by atoms with Crippen molar-refractivity contribution in [1.29, 1.82) is 0 Å². The number of hydrogen-bond donors (Lipinski definition) is 1. The summed E-state index contributed by atoms with van der Waals surface area (Å²) in [6.45, 7) is 8.48. The van der Waals surface area contributed by atoms with Crippen LogP contribution in [0.4, 0.5) is 0 Å². The number of pyridine rings is 1. The van der Waals surface area contributed by atoms with Gasteiger partial charge in [0.15, 0.2) is 0 Å². The van der Waals surface area contributed by atoms with Crippen molar-refractivity contribution in [3.05, 3.63) is 30.0 Å². The van der Waals surface area contributed by atoms with Gasteiger partial charge in [-0.05, 0) is 37.4 Å². The smallest absolute Gasteiger partial charge is 0.213 e. The average molecular weight is 313 g/mol. The molecule has 4 nitrogen and oxygen atoms in total. The van der Waals surface area contributed by atoms with Gasteiger partial charge in [-0.15, -0.1) is 0 Å². The molecule has 0 spiro atoms. The van der Waals surface area contributed by atoms with Gasteiger partial charge in [0.2, 0.25) is 5.88 Å². The van der Waals surface area contributed by atoms with Crippen LogP contribution in [-0.2, 0) is 0 Å². The molecule has 0 unspecified atom stereocenters. The van der Waals surface area contributed by atoms with E-state index in [1.807, 2.05) is 6.07 Å². The third-order valence-electron chi connectivity index (χ3n) is 4.42. The molecule has 3 heterocycles. The predicted molar refractivity (Wildman–Crippen MR) is 95.8 cm³/mol. The second kappa shape index (κ2) is 7.64. The number of ether oxygens (including phenoxy) is 1. The lowest BCUT2D eigenvalue weighted by Gasteiger charge is -2.25. The van der Waals surface area contributed by atoms with Crippen LogP contribution in [0.5, 0.6) is 5.88 Å². The number of fused-ring (bicyclic) bond motifs is 1. The molecule has 0 amide bonds. The maximum absolute atomic E-state index is 5.68. The van der Waals surface area contributed by atoms with Crippen LogP contribution in [0.1, 0.15) is 45.1 Å². The van der Waals surface area contributed by atoms with Crippen molar-refractivity contribution in [2.75, 3.05) is 26.2 Å². The number of H-pyrrole nitrogens is 1. The third-order valence-corrected chi connectivity index (χ3v) is 4.42. The molecule has 1 aliphatic heterocycles. The fraction of sp³-hybridized carbons (Fsp3) is 0.526. The highest BCUT2D eigenvalue weighted by molar-refractivity contribution is 5.90. The summed E-state index contributed by atoms with van der Waals surface area (Å²) >= 11 is 0. The van der Waals surface area contributed by atoms with Gasteiger partial charge in [-0.1, -0.05) is 26.3 Å². The Morgan fingerprint density at radius 1 is 1.26 bits per heavy atom. The van der Waals surface area contributed by atoms with Crippen LogP contribution < -0.4 is 4.74 Å². The van der Waals surface area contributed by atoms with E-state index in [9.17, 15) is 0 Å². The predicted octanol–water partition coefficient (Wildman–Crippen LogP) is 4.24. The summed E-state index contributed by atoms with van der Waals surface area (Å²) in [7, 11) is 0. The normalized spacial score (nSPS) is 15.8. The summed E-state index contributed by atoms with van der Waals surface area (Å²) in [4.78, 5) is 10.6. The molecular formula is C19H27N3O. The average Bonchev–Trinajstić information content (AvgIpc) is 3.02. The molecule has 1 aliphatic rings. The molecule has 0 fully saturated rings. The molecule has 1 N–H and O–H groups in total. The van der Waals surface area contributed by atoms with E-state index in [0.29, 0.717) is 6.61 Å². The molecule has 4 heteroatoms. The van der Waals surface area contributed by atoms with Crippen LogP contribution in [0.2, 0.25) is 0 Å². The highest BCUT2D eigenvalue weighted by Crippen LogP contribution is 2.29. The first-order valence-corrected chi connectivity index (χ1v) is 8.84. The number of nitrogens with zero attached hydrogens (tertiary/aromatic N) is 2. The summed E-state index contributed by atoms with van der Waals surface area (Å²) in [6, 6.07) is 4.01. The molecule has 0 aromatic carbocycles. The van der Waals surface area contributed by atoms with Crippen molar-refractivity contribution in [3.63, 3.8) is 0 Å². The summed E-state index contributed by atoms with van der Waals surface area (Å²) < 4.78 is 5.68. The van der Waals surface area contributed by atoms with Gasteiger partial charge >= 0.3 is 0 Å². The minimum Gasteiger partial charge on any atom is -0.478 e. The first-order valence-electron chi connectivity index (χ1n) is 8.84. The Morgan fingerprint density at radius 2 is 2.17 bits per heavy atom. The molecule has 0 saturated carbocycles. The number of unbranched alkanes of at least 4 members (excludes halogenated alkanes) is 1. The molecule has 0 atom stereocenters. The molecule has 0 radical (unpaired) electrons. The zero-order valence-electron chi connectivity index (χ0n) is 14.3. The summed E-state index contributed by atoms with van der Waals surface area (Å²) in [5.74, 6) is 0.723. The van der Waals surface area contributed by atoms with Gasteiger partial charge in [-0.2, -0.15) is 0 Å². The Morgan fingerprint density at radius 3 is 2.91 bits per heavy atom. The van der Waals surface area contributed by atoms with E-state index in [1.165, 1.54) is 30.5 Å². The molecule has 3 rings (SSSR count). The maximum Gasteiger partial charge on any atom is 0.213 e. The lowest BCUT2D eigenvalue weighted by Crippen LogP contribution is -2.29. The van der Waals surface area contributed by atoms with Gasteiger partial charge in [0, 0.05) is 30.9 Å². The van der Waals surface area contributed by atoms with Crippen molar-refractivity contribution in [2.24, 2.45) is 0 Å².